The second-order valence-electron chi connectivity index (χ2n) is 4.85. The monoisotopic (exact) mass is 338 g/mol. The predicted octanol–water partition coefficient (Wildman–Crippen LogP) is 3.07. The highest BCUT2D eigenvalue weighted by atomic mass is 35.5. The number of fused-ring (bicyclic) bond motifs is 1. The molecule has 2 aromatic rings. The van der Waals surface area contributed by atoms with E-state index in [0.717, 1.165) is 17.7 Å². The summed E-state index contributed by atoms with van der Waals surface area (Å²) in [5.41, 5.74) is 2.10. The lowest BCUT2D eigenvalue weighted by molar-refractivity contribution is -0.121. The van der Waals surface area contributed by atoms with Crippen LogP contribution >= 0.6 is 23.2 Å². The number of hydrogen-bond donors (Lipinski definition) is 1. The molecule has 5 nitrogen and oxygen atoms in total. The highest BCUT2D eigenvalue weighted by Gasteiger charge is 2.25. The number of H-pyrrole nitrogens is 1. The molecule has 1 aromatic carbocycles. The Hall–Kier alpha value is -1.98. The van der Waals surface area contributed by atoms with Crippen molar-refractivity contribution in [2.75, 3.05) is 18.1 Å². The Bertz CT molecular complexity index is 723. The third-order valence-electron chi connectivity index (χ3n) is 3.46. The maximum absolute atomic E-state index is 12.2. The minimum atomic E-state index is -0.672. The van der Waals surface area contributed by atoms with Crippen LogP contribution in [-0.2, 0) is 16.0 Å². The van der Waals surface area contributed by atoms with Gasteiger partial charge in [-0.15, -0.1) is 0 Å². The maximum Gasteiger partial charge on any atom is 0.355 e. The van der Waals surface area contributed by atoms with E-state index in [-0.39, 0.29) is 28.4 Å². The van der Waals surface area contributed by atoms with Gasteiger partial charge < -0.3 is 14.6 Å². The van der Waals surface area contributed by atoms with Crippen molar-refractivity contribution in [2.45, 2.75) is 6.42 Å². The number of nitrogens with zero attached hydrogens (tertiary/aromatic N) is 1. The number of anilines is 1. The molecule has 0 fully saturated rings. The maximum atomic E-state index is 12.2. The molecule has 0 saturated carbocycles. The van der Waals surface area contributed by atoms with Crippen molar-refractivity contribution in [3.05, 3.63) is 51.8 Å². The van der Waals surface area contributed by atoms with Crippen molar-refractivity contribution in [3.8, 4) is 0 Å². The Morgan fingerprint density at radius 2 is 2.05 bits per heavy atom. The molecule has 1 aliphatic heterocycles. The number of ether oxygens (including phenoxy) is 1. The molecule has 22 heavy (non-hydrogen) atoms. The van der Waals surface area contributed by atoms with Crippen molar-refractivity contribution in [2.24, 2.45) is 0 Å². The van der Waals surface area contributed by atoms with Gasteiger partial charge in [-0.25, -0.2) is 4.79 Å². The number of carbonyl (C=O) groups is 2. The fourth-order valence-corrected chi connectivity index (χ4v) is 2.71. The molecule has 0 aliphatic carbocycles. The quantitative estimate of drug-likeness (QED) is 0.875. The molecule has 0 radical (unpaired) electrons. The summed E-state index contributed by atoms with van der Waals surface area (Å²) in [6.45, 7) is 0.261. The first-order valence-corrected chi connectivity index (χ1v) is 7.41. The first-order chi connectivity index (χ1) is 10.6. The summed E-state index contributed by atoms with van der Waals surface area (Å²) in [5.74, 6) is -0.934. The first-order valence-electron chi connectivity index (χ1n) is 6.65. The normalized spacial score (nSPS) is 13.1. The molecular weight excluding hydrogens is 327 g/mol. The van der Waals surface area contributed by atoms with Crippen LogP contribution in [0.5, 0.6) is 0 Å². The van der Waals surface area contributed by atoms with Crippen LogP contribution in [0.4, 0.5) is 5.69 Å². The first kappa shape index (κ1) is 14.9. The number of rotatable bonds is 3. The lowest BCUT2D eigenvalue weighted by Gasteiger charge is -2.16. The van der Waals surface area contributed by atoms with Crippen molar-refractivity contribution >= 4 is 40.8 Å². The van der Waals surface area contributed by atoms with Crippen LogP contribution in [0.15, 0.2) is 30.3 Å². The van der Waals surface area contributed by atoms with Crippen LogP contribution in [0.25, 0.3) is 0 Å². The van der Waals surface area contributed by atoms with Gasteiger partial charge in [-0.3, -0.25) is 4.79 Å². The predicted molar refractivity (Wildman–Crippen MR) is 83.6 cm³/mol. The van der Waals surface area contributed by atoms with Gasteiger partial charge in [0.15, 0.2) is 6.61 Å². The van der Waals surface area contributed by atoms with Crippen molar-refractivity contribution in [1.82, 2.24) is 4.98 Å². The standard InChI is InChI=1S/C15H12Cl2N2O3/c16-10-7-11(18-14(10)17)15(21)22-8-13(20)19-6-5-9-3-1-2-4-12(9)19/h1-4,7,18H,5-6,8H2. The van der Waals surface area contributed by atoms with E-state index in [1.165, 1.54) is 6.07 Å². The minimum absolute atomic E-state index is 0.115. The van der Waals surface area contributed by atoms with E-state index in [4.69, 9.17) is 27.9 Å². The summed E-state index contributed by atoms with van der Waals surface area (Å²) in [5, 5.41) is 0.391. The van der Waals surface area contributed by atoms with Gasteiger partial charge in [-0.2, -0.15) is 0 Å². The van der Waals surface area contributed by atoms with Gasteiger partial charge in [-0.1, -0.05) is 41.4 Å². The molecule has 3 rings (SSSR count). The Morgan fingerprint density at radius 1 is 1.27 bits per heavy atom. The molecule has 1 aromatic heterocycles. The topological polar surface area (TPSA) is 62.4 Å². The Balaban J connectivity index is 1.62. The molecule has 7 heteroatoms. The van der Waals surface area contributed by atoms with Crippen molar-refractivity contribution in [1.29, 1.82) is 0 Å². The molecule has 114 valence electrons. The average molecular weight is 339 g/mol. The van der Waals surface area contributed by atoms with Gasteiger partial charge in [-0.05, 0) is 24.1 Å². The summed E-state index contributed by atoms with van der Waals surface area (Å²) in [4.78, 5) is 28.2. The number of nitrogens with one attached hydrogen (secondary N) is 1. The molecular formula is C15H12Cl2N2O3. The van der Waals surface area contributed by atoms with Crippen LogP contribution in [0, 0.1) is 0 Å². The largest absolute Gasteiger partial charge is 0.451 e. The van der Waals surface area contributed by atoms with Crippen molar-refractivity contribution < 1.29 is 14.3 Å². The van der Waals surface area contributed by atoms with Gasteiger partial charge >= 0.3 is 5.97 Å². The third-order valence-corrected chi connectivity index (χ3v) is 4.15. The highest BCUT2D eigenvalue weighted by molar-refractivity contribution is 6.41. The second-order valence-corrected chi connectivity index (χ2v) is 5.63. The molecule has 0 unspecified atom stereocenters. The Kier molecular flexibility index (Phi) is 4.09. The van der Waals surface area contributed by atoms with Crippen LogP contribution in [0.3, 0.4) is 0 Å². The zero-order chi connectivity index (χ0) is 15.7. The molecule has 1 N–H and O–H groups in total. The van der Waals surface area contributed by atoms with Gasteiger partial charge in [0.1, 0.15) is 10.8 Å². The van der Waals surface area contributed by atoms with Crippen molar-refractivity contribution in [3.63, 3.8) is 0 Å². The zero-order valence-corrected chi connectivity index (χ0v) is 12.9. The molecule has 1 amide bonds. The molecule has 2 heterocycles. The third kappa shape index (κ3) is 2.82. The Labute approximate surface area is 136 Å². The SMILES string of the molecule is O=C(OCC(=O)N1CCc2ccccc21)c1cc(Cl)c(Cl)[nH]1. The van der Waals surface area contributed by atoms with Crippen LogP contribution in [-0.4, -0.2) is 30.0 Å². The summed E-state index contributed by atoms with van der Waals surface area (Å²) in [6, 6.07) is 9.04. The summed E-state index contributed by atoms with van der Waals surface area (Å²) in [6.07, 6.45) is 0.803. The number of hydrogen-bond acceptors (Lipinski definition) is 3. The summed E-state index contributed by atoms with van der Waals surface area (Å²) >= 11 is 11.5. The number of benzene rings is 1. The number of aromatic nitrogens is 1. The number of esters is 1. The number of aromatic amines is 1. The van der Waals surface area contributed by atoms with E-state index >= 15 is 0 Å². The fraction of sp³-hybridized carbons (Fsp3) is 0.200. The number of carbonyl (C=O) groups excluding carboxylic acids is 2. The molecule has 0 atom stereocenters. The Morgan fingerprint density at radius 3 is 2.77 bits per heavy atom. The lowest BCUT2D eigenvalue weighted by atomic mass is 10.2. The van der Waals surface area contributed by atoms with Crippen LogP contribution < -0.4 is 4.90 Å². The fourth-order valence-electron chi connectivity index (χ4n) is 2.39. The van der Waals surface area contributed by atoms with E-state index in [1.54, 1.807) is 4.90 Å². The number of amides is 1. The molecule has 0 spiro atoms. The average Bonchev–Trinajstić information content (AvgIpc) is 3.09. The summed E-state index contributed by atoms with van der Waals surface area (Å²) in [7, 11) is 0. The minimum Gasteiger partial charge on any atom is -0.451 e. The van der Waals surface area contributed by atoms with Gasteiger partial charge in [0, 0.05) is 12.2 Å². The summed E-state index contributed by atoms with van der Waals surface area (Å²) < 4.78 is 5.01. The molecule has 0 saturated heterocycles. The highest BCUT2D eigenvalue weighted by Crippen LogP contribution is 2.27. The lowest BCUT2D eigenvalue weighted by Crippen LogP contribution is -2.33. The smallest absolute Gasteiger partial charge is 0.355 e. The van der Waals surface area contributed by atoms with Gasteiger partial charge in [0.2, 0.25) is 0 Å². The van der Waals surface area contributed by atoms with Crippen LogP contribution in [0.1, 0.15) is 16.1 Å². The van der Waals surface area contributed by atoms with Gasteiger partial charge in [0.05, 0.1) is 5.02 Å². The van der Waals surface area contributed by atoms with E-state index in [1.807, 2.05) is 24.3 Å². The van der Waals surface area contributed by atoms with Gasteiger partial charge in [0.25, 0.3) is 5.91 Å². The van der Waals surface area contributed by atoms with E-state index in [9.17, 15) is 9.59 Å². The molecule has 0 bridgehead atoms. The van der Waals surface area contributed by atoms with E-state index in [0.29, 0.717) is 6.54 Å². The van der Waals surface area contributed by atoms with E-state index in [2.05, 4.69) is 4.98 Å². The zero-order valence-electron chi connectivity index (χ0n) is 11.4. The number of para-hydroxylation sites is 1. The van der Waals surface area contributed by atoms with Crippen LogP contribution in [0.2, 0.25) is 10.2 Å². The van der Waals surface area contributed by atoms with E-state index < -0.39 is 5.97 Å². The number of halogens is 2. The molecule has 1 aliphatic rings. The second kappa shape index (κ2) is 6.02.